The van der Waals surface area contributed by atoms with Gasteiger partial charge in [0.05, 0.1) is 28.7 Å². The van der Waals surface area contributed by atoms with E-state index in [1.165, 1.54) is 22.8 Å². The van der Waals surface area contributed by atoms with E-state index in [-0.39, 0.29) is 15.7 Å². The van der Waals surface area contributed by atoms with Gasteiger partial charge in [-0.1, -0.05) is 11.6 Å². The second-order valence-corrected chi connectivity index (χ2v) is 7.41. The molecular weight excluding hydrogens is 441 g/mol. The molecule has 2 N–H and O–H groups in total. The van der Waals surface area contributed by atoms with Crippen LogP contribution in [0.15, 0.2) is 65.5 Å². The second-order valence-electron chi connectivity index (χ2n) is 6.61. The fourth-order valence-electron chi connectivity index (χ4n) is 3.10. The molecule has 31 heavy (non-hydrogen) atoms. The zero-order chi connectivity index (χ0) is 22.1. The van der Waals surface area contributed by atoms with E-state index in [0.717, 1.165) is 6.07 Å². The minimum absolute atomic E-state index is 0.0906. The summed E-state index contributed by atoms with van der Waals surface area (Å²) in [6, 6.07) is 15.4. The number of fused-ring (bicyclic) bond motifs is 1. The van der Waals surface area contributed by atoms with Crippen molar-refractivity contribution in [2.45, 2.75) is 0 Å². The third-order valence-corrected chi connectivity index (χ3v) is 5.24. The molecule has 0 saturated carbocycles. The van der Waals surface area contributed by atoms with Crippen LogP contribution in [-0.2, 0) is 0 Å². The molecule has 0 unspecified atom stereocenters. The van der Waals surface area contributed by atoms with Crippen molar-refractivity contribution >= 4 is 46.3 Å². The molecule has 9 heteroatoms. The fourth-order valence-corrected chi connectivity index (χ4v) is 3.57. The van der Waals surface area contributed by atoms with E-state index in [2.05, 4.69) is 10.3 Å². The molecule has 156 valence electrons. The summed E-state index contributed by atoms with van der Waals surface area (Å²) in [6.45, 7) is 0. The van der Waals surface area contributed by atoms with E-state index in [9.17, 15) is 14.0 Å². The van der Waals surface area contributed by atoms with Crippen LogP contribution in [0, 0.1) is 10.6 Å². The monoisotopic (exact) mass is 455 g/mol. The molecular formula is C22H15ClFN3O3S. The average molecular weight is 456 g/mol. The number of amides is 1. The number of benzene rings is 3. The smallest absolute Gasteiger partial charge is 0.266 e. The summed E-state index contributed by atoms with van der Waals surface area (Å²) in [5, 5.41) is 2.98. The molecule has 1 amide bonds. The highest BCUT2D eigenvalue weighted by Gasteiger charge is 2.13. The number of anilines is 1. The number of carbonyl (C=O) groups is 1. The van der Waals surface area contributed by atoms with Crippen LogP contribution in [0.2, 0.25) is 5.02 Å². The van der Waals surface area contributed by atoms with Crippen molar-refractivity contribution in [2.75, 3.05) is 12.4 Å². The van der Waals surface area contributed by atoms with Crippen molar-refractivity contribution in [3.63, 3.8) is 0 Å². The minimum atomic E-state index is -0.596. The summed E-state index contributed by atoms with van der Waals surface area (Å²) < 4.78 is 19.9. The van der Waals surface area contributed by atoms with Crippen molar-refractivity contribution in [1.29, 1.82) is 0 Å². The molecule has 6 nitrogen and oxygen atoms in total. The van der Waals surface area contributed by atoms with Gasteiger partial charge in [-0.2, -0.15) is 0 Å². The predicted octanol–water partition coefficient (Wildman–Crippen LogP) is 5.10. The Morgan fingerprint density at radius 3 is 2.55 bits per heavy atom. The van der Waals surface area contributed by atoms with Gasteiger partial charge in [0, 0.05) is 11.3 Å². The number of aromatic nitrogens is 2. The van der Waals surface area contributed by atoms with E-state index >= 15 is 0 Å². The van der Waals surface area contributed by atoms with Gasteiger partial charge in [0.15, 0.2) is 4.77 Å². The molecule has 0 aliphatic carbocycles. The topological polar surface area (TPSA) is 76.1 Å². The lowest BCUT2D eigenvalue weighted by Gasteiger charge is -2.10. The Morgan fingerprint density at radius 1 is 1.13 bits per heavy atom. The SMILES string of the molecule is COc1ccc(NC(=O)c2ccc3c(=O)n(-c4ccc(F)c(Cl)c4)c(=S)[nH]c3c2)cc1. The number of H-pyrrole nitrogens is 1. The molecule has 0 fully saturated rings. The van der Waals surface area contributed by atoms with Gasteiger partial charge in [0.1, 0.15) is 11.6 Å². The van der Waals surface area contributed by atoms with E-state index in [0.29, 0.717) is 33.6 Å². The quantitative estimate of drug-likeness (QED) is 0.420. The number of aromatic amines is 1. The molecule has 1 aromatic heterocycles. The van der Waals surface area contributed by atoms with Gasteiger partial charge in [-0.05, 0) is 72.9 Å². The van der Waals surface area contributed by atoms with Gasteiger partial charge < -0.3 is 15.0 Å². The lowest BCUT2D eigenvalue weighted by atomic mass is 10.1. The number of hydrogen-bond acceptors (Lipinski definition) is 4. The van der Waals surface area contributed by atoms with Gasteiger partial charge in [-0.25, -0.2) is 4.39 Å². The van der Waals surface area contributed by atoms with Gasteiger partial charge in [-0.3, -0.25) is 14.2 Å². The van der Waals surface area contributed by atoms with Gasteiger partial charge in [0.25, 0.3) is 11.5 Å². The molecule has 3 aromatic carbocycles. The van der Waals surface area contributed by atoms with Crippen LogP contribution < -0.4 is 15.6 Å². The fraction of sp³-hybridized carbons (Fsp3) is 0.0455. The number of nitrogens with one attached hydrogen (secondary N) is 2. The molecule has 0 aliphatic rings. The maximum atomic E-state index is 13.5. The highest BCUT2D eigenvalue weighted by Crippen LogP contribution is 2.20. The first-order valence-corrected chi connectivity index (χ1v) is 9.86. The minimum Gasteiger partial charge on any atom is -0.497 e. The standard InChI is InChI=1S/C22H15ClFN3O3S/c1-30-15-6-3-13(4-7-15)25-20(28)12-2-8-16-19(10-12)26-22(31)27(21(16)29)14-5-9-18(24)17(23)11-14/h2-11H,1H3,(H,25,28)(H,26,31). The number of ether oxygens (including phenoxy) is 1. The highest BCUT2D eigenvalue weighted by atomic mass is 35.5. The van der Waals surface area contributed by atoms with Crippen LogP contribution in [0.3, 0.4) is 0 Å². The molecule has 1 heterocycles. The highest BCUT2D eigenvalue weighted by molar-refractivity contribution is 7.71. The molecule has 4 rings (SSSR count). The predicted molar refractivity (Wildman–Crippen MR) is 121 cm³/mol. The van der Waals surface area contributed by atoms with Gasteiger partial charge in [0.2, 0.25) is 0 Å². The first-order valence-electron chi connectivity index (χ1n) is 9.07. The summed E-state index contributed by atoms with van der Waals surface area (Å²) in [4.78, 5) is 28.6. The molecule has 0 bridgehead atoms. The van der Waals surface area contributed by atoms with Crippen LogP contribution in [0.25, 0.3) is 16.6 Å². The molecule has 0 spiro atoms. The molecule has 0 radical (unpaired) electrons. The van der Waals surface area contributed by atoms with Crippen LogP contribution in [-0.4, -0.2) is 22.6 Å². The lowest BCUT2D eigenvalue weighted by molar-refractivity contribution is 0.102. The first kappa shape index (κ1) is 20.8. The Labute approximate surface area is 185 Å². The summed E-state index contributed by atoms with van der Waals surface area (Å²) >= 11 is 11.2. The zero-order valence-corrected chi connectivity index (χ0v) is 17.7. The zero-order valence-electron chi connectivity index (χ0n) is 16.1. The van der Waals surface area contributed by atoms with E-state index in [1.807, 2.05) is 0 Å². The van der Waals surface area contributed by atoms with Crippen molar-refractivity contribution in [3.8, 4) is 11.4 Å². The number of halogens is 2. The van der Waals surface area contributed by atoms with E-state index in [4.69, 9.17) is 28.6 Å². The van der Waals surface area contributed by atoms with Crippen LogP contribution in [0.1, 0.15) is 10.4 Å². The van der Waals surface area contributed by atoms with E-state index in [1.54, 1.807) is 43.5 Å². The molecule has 0 aliphatic heterocycles. The first-order chi connectivity index (χ1) is 14.9. The van der Waals surface area contributed by atoms with Crippen molar-refractivity contribution in [3.05, 3.63) is 92.2 Å². The normalized spacial score (nSPS) is 10.8. The van der Waals surface area contributed by atoms with Crippen LogP contribution in [0.4, 0.5) is 10.1 Å². The Morgan fingerprint density at radius 2 is 1.87 bits per heavy atom. The summed E-state index contributed by atoms with van der Waals surface area (Å²) in [5.74, 6) is -0.266. The number of carbonyl (C=O) groups excluding carboxylic acids is 1. The molecule has 0 atom stereocenters. The largest absolute Gasteiger partial charge is 0.497 e. The van der Waals surface area contributed by atoms with Crippen molar-refractivity contribution < 1.29 is 13.9 Å². The van der Waals surface area contributed by atoms with E-state index < -0.39 is 11.4 Å². The Hall–Kier alpha value is -3.49. The van der Waals surface area contributed by atoms with Crippen molar-refractivity contribution in [1.82, 2.24) is 9.55 Å². The second kappa shape index (κ2) is 8.33. The Kier molecular flexibility index (Phi) is 5.58. The number of rotatable bonds is 4. The Bertz CT molecular complexity index is 1430. The van der Waals surface area contributed by atoms with Gasteiger partial charge in [-0.15, -0.1) is 0 Å². The summed E-state index contributed by atoms with van der Waals surface area (Å²) in [5.41, 5.74) is 1.27. The third kappa shape index (κ3) is 4.08. The Balaban J connectivity index is 1.71. The molecule has 4 aromatic rings. The third-order valence-electron chi connectivity index (χ3n) is 4.67. The summed E-state index contributed by atoms with van der Waals surface area (Å²) in [7, 11) is 1.56. The maximum absolute atomic E-state index is 13.5. The number of hydrogen-bond donors (Lipinski definition) is 2. The van der Waals surface area contributed by atoms with Crippen LogP contribution >= 0.6 is 23.8 Å². The number of nitrogens with zero attached hydrogens (tertiary/aromatic N) is 1. The van der Waals surface area contributed by atoms with Gasteiger partial charge >= 0.3 is 0 Å². The maximum Gasteiger partial charge on any atom is 0.266 e. The lowest BCUT2D eigenvalue weighted by Crippen LogP contribution is -2.21. The van der Waals surface area contributed by atoms with Crippen molar-refractivity contribution in [2.24, 2.45) is 0 Å². The average Bonchev–Trinajstić information content (AvgIpc) is 2.76. The van der Waals surface area contributed by atoms with Crippen LogP contribution in [0.5, 0.6) is 5.75 Å². The summed E-state index contributed by atoms with van der Waals surface area (Å²) in [6.07, 6.45) is 0. The molecule has 0 saturated heterocycles. The number of methoxy groups -OCH3 is 1.